The number of hydrogen-bond donors (Lipinski definition) is 1. The van der Waals surface area contributed by atoms with Gasteiger partial charge in [-0.05, 0) is 25.5 Å². The van der Waals surface area contributed by atoms with Gasteiger partial charge >= 0.3 is 11.7 Å². The molecule has 1 aromatic heterocycles. The van der Waals surface area contributed by atoms with Crippen LogP contribution in [0.15, 0.2) is 41.5 Å². The van der Waals surface area contributed by atoms with Crippen LogP contribution < -0.4 is 5.69 Å². The predicted octanol–water partition coefficient (Wildman–Crippen LogP) is 1.98. The molecule has 0 spiro atoms. The standard InChI is InChI=1S/C14H16N2O3/c1-10(2)16-8-7-15(14(16)19)9-11-5-3-4-6-12(11)13(17)18/h3-8,10H,9H2,1-2H3,(H,17,18). The maximum absolute atomic E-state index is 12.1. The highest BCUT2D eigenvalue weighted by molar-refractivity contribution is 5.89. The fourth-order valence-corrected chi connectivity index (χ4v) is 1.99. The van der Waals surface area contributed by atoms with E-state index in [-0.39, 0.29) is 23.8 Å². The van der Waals surface area contributed by atoms with Gasteiger partial charge in [0.05, 0.1) is 12.1 Å². The molecule has 0 aliphatic rings. The predicted molar refractivity (Wildman–Crippen MR) is 71.6 cm³/mol. The Bertz CT molecular complexity index is 653. The van der Waals surface area contributed by atoms with E-state index in [1.54, 1.807) is 41.2 Å². The summed E-state index contributed by atoms with van der Waals surface area (Å²) in [5.41, 5.74) is 0.723. The summed E-state index contributed by atoms with van der Waals surface area (Å²) in [6.45, 7) is 4.12. The molecule has 0 radical (unpaired) electrons. The third kappa shape index (κ3) is 2.59. The lowest BCUT2D eigenvalue weighted by Crippen LogP contribution is -2.26. The Kier molecular flexibility index (Phi) is 3.55. The molecule has 1 heterocycles. The lowest BCUT2D eigenvalue weighted by molar-refractivity contribution is 0.0695. The van der Waals surface area contributed by atoms with Crippen LogP contribution in [0.3, 0.4) is 0 Å². The molecule has 5 heteroatoms. The zero-order valence-electron chi connectivity index (χ0n) is 10.9. The molecule has 0 bridgehead atoms. The Morgan fingerprint density at radius 3 is 2.53 bits per heavy atom. The highest BCUT2D eigenvalue weighted by Crippen LogP contribution is 2.10. The number of hydrogen-bond acceptors (Lipinski definition) is 2. The lowest BCUT2D eigenvalue weighted by atomic mass is 10.1. The minimum Gasteiger partial charge on any atom is -0.478 e. The van der Waals surface area contributed by atoms with E-state index in [9.17, 15) is 9.59 Å². The zero-order chi connectivity index (χ0) is 14.0. The molecule has 0 saturated carbocycles. The number of imidazole rings is 1. The van der Waals surface area contributed by atoms with Crippen LogP contribution in [0.25, 0.3) is 0 Å². The van der Waals surface area contributed by atoms with E-state index in [0.717, 1.165) is 0 Å². The first kappa shape index (κ1) is 13.1. The maximum Gasteiger partial charge on any atom is 0.336 e. The molecule has 0 saturated heterocycles. The van der Waals surface area contributed by atoms with Gasteiger partial charge in [0.1, 0.15) is 0 Å². The van der Waals surface area contributed by atoms with Crippen molar-refractivity contribution in [3.05, 3.63) is 58.3 Å². The molecule has 0 fully saturated rings. The molecule has 0 unspecified atom stereocenters. The monoisotopic (exact) mass is 260 g/mol. The van der Waals surface area contributed by atoms with E-state index in [2.05, 4.69) is 0 Å². The summed E-state index contributed by atoms with van der Waals surface area (Å²) in [6.07, 6.45) is 3.40. The van der Waals surface area contributed by atoms with Crippen molar-refractivity contribution < 1.29 is 9.90 Å². The van der Waals surface area contributed by atoms with Gasteiger partial charge in [-0.3, -0.25) is 9.13 Å². The molecule has 0 atom stereocenters. The SMILES string of the molecule is CC(C)n1ccn(Cc2ccccc2C(=O)O)c1=O. The number of rotatable bonds is 4. The van der Waals surface area contributed by atoms with E-state index in [1.807, 2.05) is 13.8 Å². The van der Waals surface area contributed by atoms with Crippen molar-refractivity contribution in [1.82, 2.24) is 9.13 Å². The highest BCUT2D eigenvalue weighted by atomic mass is 16.4. The number of nitrogens with zero attached hydrogens (tertiary/aromatic N) is 2. The average molecular weight is 260 g/mol. The summed E-state index contributed by atoms with van der Waals surface area (Å²) >= 11 is 0. The first-order chi connectivity index (χ1) is 9.00. The van der Waals surface area contributed by atoms with Gasteiger partial charge in [0.2, 0.25) is 0 Å². The van der Waals surface area contributed by atoms with Crippen LogP contribution in [0.5, 0.6) is 0 Å². The molecule has 1 N–H and O–H groups in total. The minimum absolute atomic E-state index is 0.0865. The van der Waals surface area contributed by atoms with Crippen LogP contribution in [0.2, 0.25) is 0 Å². The summed E-state index contributed by atoms with van der Waals surface area (Å²) in [5.74, 6) is -0.980. The number of aromatic nitrogens is 2. The maximum atomic E-state index is 12.1. The molecule has 2 aromatic rings. The quantitative estimate of drug-likeness (QED) is 0.914. The van der Waals surface area contributed by atoms with Crippen molar-refractivity contribution in [2.24, 2.45) is 0 Å². The molecule has 100 valence electrons. The van der Waals surface area contributed by atoms with Gasteiger partial charge in [0.15, 0.2) is 0 Å². The second-order valence-electron chi connectivity index (χ2n) is 4.67. The summed E-state index contributed by atoms with van der Waals surface area (Å²) in [5, 5.41) is 9.11. The van der Waals surface area contributed by atoms with Gasteiger partial charge in [0, 0.05) is 18.4 Å². The van der Waals surface area contributed by atoms with E-state index in [1.165, 1.54) is 4.57 Å². The van der Waals surface area contributed by atoms with Crippen molar-refractivity contribution >= 4 is 5.97 Å². The van der Waals surface area contributed by atoms with E-state index < -0.39 is 5.97 Å². The molecule has 0 amide bonds. The van der Waals surface area contributed by atoms with E-state index in [0.29, 0.717) is 5.56 Å². The van der Waals surface area contributed by atoms with Gasteiger partial charge in [-0.1, -0.05) is 18.2 Å². The Balaban J connectivity index is 2.37. The van der Waals surface area contributed by atoms with Gasteiger partial charge in [-0.25, -0.2) is 9.59 Å². The Morgan fingerprint density at radius 1 is 1.26 bits per heavy atom. The Morgan fingerprint density at radius 2 is 1.95 bits per heavy atom. The summed E-state index contributed by atoms with van der Waals surface area (Å²) < 4.78 is 3.13. The van der Waals surface area contributed by atoms with Gasteiger partial charge < -0.3 is 5.11 Å². The fourth-order valence-electron chi connectivity index (χ4n) is 1.99. The van der Waals surface area contributed by atoms with Gasteiger partial charge in [-0.2, -0.15) is 0 Å². The van der Waals surface area contributed by atoms with Crippen LogP contribution in [-0.2, 0) is 6.54 Å². The van der Waals surface area contributed by atoms with Crippen molar-refractivity contribution in [3.63, 3.8) is 0 Å². The molecular weight excluding hydrogens is 244 g/mol. The van der Waals surface area contributed by atoms with E-state index in [4.69, 9.17) is 5.11 Å². The third-order valence-electron chi connectivity index (χ3n) is 3.02. The molecule has 1 aromatic carbocycles. The number of carboxylic acid groups (broad SMARTS) is 1. The van der Waals surface area contributed by atoms with Crippen LogP contribution in [0.4, 0.5) is 0 Å². The molecule has 5 nitrogen and oxygen atoms in total. The number of aromatic carboxylic acids is 1. The molecular formula is C14H16N2O3. The molecule has 0 aliphatic carbocycles. The van der Waals surface area contributed by atoms with Crippen LogP contribution in [0.1, 0.15) is 35.8 Å². The Labute approximate surface area is 110 Å². The third-order valence-corrected chi connectivity index (χ3v) is 3.02. The second kappa shape index (κ2) is 5.14. The number of benzene rings is 1. The van der Waals surface area contributed by atoms with Crippen molar-refractivity contribution in [1.29, 1.82) is 0 Å². The normalized spacial score (nSPS) is 10.9. The summed E-state index contributed by atoms with van der Waals surface area (Å²) in [4.78, 5) is 23.2. The largest absolute Gasteiger partial charge is 0.478 e. The number of carboxylic acids is 1. The number of carbonyl (C=O) groups is 1. The first-order valence-electron chi connectivity index (χ1n) is 6.09. The van der Waals surface area contributed by atoms with Crippen molar-refractivity contribution in [3.8, 4) is 0 Å². The van der Waals surface area contributed by atoms with Crippen LogP contribution >= 0.6 is 0 Å². The van der Waals surface area contributed by atoms with Crippen LogP contribution in [0, 0.1) is 0 Å². The Hall–Kier alpha value is -2.30. The second-order valence-corrected chi connectivity index (χ2v) is 4.67. The molecule has 19 heavy (non-hydrogen) atoms. The van der Waals surface area contributed by atoms with Gasteiger partial charge in [-0.15, -0.1) is 0 Å². The summed E-state index contributed by atoms with van der Waals surface area (Å²) in [6, 6.07) is 6.80. The zero-order valence-corrected chi connectivity index (χ0v) is 10.9. The van der Waals surface area contributed by atoms with E-state index >= 15 is 0 Å². The summed E-state index contributed by atoms with van der Waals surface area (Å²) in [7, 11) is 0. The van der Waals surface area contributed by atoms with Gasteiger partial charge in [0.25, 0.3) is 0 Å². The van der Waals surface area contributed by atoms with Crippen molar-refractivity contribution in [2.75, 3.05) is 0 Å². The first-order valence-corrected chi connectivity index (χ1v) is 6.09. The van der Waals surface area contributed by atoms with Crippen LogP contribution in [-0.4, -0.2) is 20.2 Å². The lowest BCUT2D eigenvalue weighted by Gasteiger charge is -2.07. The smallest absolute Gasteiger partial charge is 0.336 e. The topological polar surface area (TPSA) is 64.2 Å². The molecule has 0 aliphatic heterocycles. The van der Waals surface area contributed by atoms with Crippen molar-refractivity contribution in [2.45, 2.75) is 26.4 Å². The minimum atomic E-state index is -0.980. The fraction of sp³-hybridized carbons (Fsp3) is 0.286. The average Bonchev–Trinajstić information content (AvgIpc) is 2.71. The molecule has 2 rings (SSSR count). The highest BCUT2D eigenvalue weighted by Gasteiger charge is 2.11.